The number of halogens is 1. The number of rotatable bonds is 4. The van der Waals surface area contributed by atoms with Gasteiger partial charge in [-0.3, -0.25) is 4.90 Å². The van der Waals surface area contributed by atoms with Gasteiger partial charge in [0.15, 0.2) is 0 Å². The van der Waals surface area contributed by atoms with Gasteiger partial charge in [-0.15, -0.1) is 0 Å². The predicted octanol–water partition coefficient (Wildman–Crippen LogP) is 1.96. The smallest absolute Gasteiger partial charge is 0.129 e. The molecule has 2 aromatic rings. The van der Waals surface area contributed by atoms with Crippen molar-refractivity contribution in [2.45, 2.75) is 31.6 Å². The van der Waals surface area contributed by atoms with Crippen molar-refractivity contribution in [3.05, 3.63) is 48.3 Å². The molecule has 0 amide bonds. The van der Waals surface area contributed by atoms with Crippen molar-refractivity contribution < 1.29 is 14.2 Å². The number of benzene rings is 1. The Balaban J connectivity index is 1.64. The second kappa shape index (κ2) is 6.29. The lowest BCUT2D eigenvalue weighted by Crippen LogP contribution is -2.57. The van der Waals surface area contributed by atoms with Crippen molar-refractivity contribution >= 4 is 0 Å². The lowest BCUT2D eigenvalue weighted by molar-refractivity contribution is -0.0998. The number of aliphatic hydroxyl groups is 1. The number of piperidine rings is 1. The summed E-state index contributed by atoms with van der Waals surface area (Å²) in [6.07, 6.45) is 4.00. The summed E-state index contributed by atoms with van der Waals surface area (Å²) in [7, 11) is 1.96. The van der Waals surface area contributed by atoms with Crippen LogP contribution in [0.2, 0.25) is 0 Å². The van der Waals surface area contributed by atoms with Crippen LogP contribution in [0, 0.1) is 5.82 Å². The molecule has 0 bridgehead atoms. The maximum atomic E-state index is 13.3. The van der Waals surface area contributed by atoms with Crippen LogP contribution in [-0.2, 0) is 13.6 Å². The van der Waals surface area contributed by atoms with Gasteiger partial charge in [0.05, 0.1) is 6.54 Å². The highest BCUT2D eigenvalue weighted by molar-refractivity contribution is 5.23. The maximum absolute atomic E-state index is 13.3. The van der Waals surface area contributed by atoms with Crippen LogP contribution >= 0.6 is 0 Å². The van der Waals surface area contributed by atoms with E-state index >= 15 is 0 Å². The molecule has 0 aliphatic carbocycles. The molecular weight excluding hydrogens is 297 g/mol. The van der Waals surface area contributed by atoms with Crippen molar-refractivity contribution in [3.63, 3.8) is 0 Å². The highest BCUT2D eigenvalue weighted by Gasteiger charge is 2.39. The Hall–Kier alpha value is -1.92. The molecule has 0 unspecified atom stereocenters. The maximum Gasteiger partial charge on any atom is 0.129 e. The third-order valence-corrected chi connectivity index (χ3v) is 4.31. The Morgan fingerprint density at radius 3 is 2.96 bits per heavy atom. The predicted molar refractivity (Wildman–Crippen MR) is 84.5 cm³/mol. The first-order valence-corrected chi connectivity index (χ1v) is 7.77. The highest BCUT2D eigenvalue weighted by atomic mass is 19.1. The highest BCUT2D eigenvalue weighted by Crippen LogP contribution is 2.27. The number of ether oxygens (including phenoxy) is 1. The van der Waals surface area contributed by atoms with E-state index in [1.54, 1.807) is 25.3 Å². The van der Waals surface area contributed by atoms with Crippen LogP contribution in [0.15, 0.2) is 36.7 Å². The molecule has 1 saturated heterocycles. The molecule has 1 aromatic heterocycles. The molecule has 2 heterocycles. The summed E-state index contributed by atoms with van der Waals surface area (Å²) in [6, 6.07) is 6.03. The molecule has 1 N–H and O–H groups in total. The lowest BCUT2D eigenvalue weighted by Gasteiger charge is -2.42. The molecule has 0 spiro atoms. The van der Waals surface area contributed by atoms with Gasteiger partial charge in [-0.1, -0.05) is 6.07 Å². The number of aromatic nitrogens is 2. The molecule has 23 heavy (non-hydrogen) atoms. The fourth-order valence-corrected chi connectivity index (χ4v) is 3.02. The molecule has 2 atom stereocenters. The first-order valence-electron chi connectivity index (χ1n) is 7.77. The number of hydrogen-bond donors (Lipinski definition) is 1. The normalized spacial score (nSPS) is 25.5. The number of nitrogens with zero attached hydrogens (tertiary/aromatic N) is 3. The van der Waals surface area contributed by atoms with Gasteiger partial charge in [-0.25, -0.2) is 9.37 Å². The summed E-state index contributed by atoms with van der Waals surface area (Å²) in [4.78, 5) is 6.48. The average Bonchev–Trinajstić information content (AvgIpc) is 2.87. The van der Waals surface area contributed by atoms with Gasteiger partial charge >= 0.3 is 0 Å². The monoisotopic (exact) mass is 319 g/mol. The van der Waals surface area contributed by atoms with E-state index in [2.05, 4.69) is 9.88 Å². The quantitative estimate of drug-likeness (QED) is 0.936. The molecule has 1 aromatic carbocycles. The molecular formula is C17H22FN3O2. The van der Waals surface area contributed by atoms with Crippen molar-refractivity contribution in [2.75, 3.05) is 13.1 Å². The minimum atomic E-state index is -1.00. The van der Waals surface area contributed by atoms with Crippen LogP contribution in [-0.4, -0.2) is 44.4 Å². The summed E-state index contributed by atoms with van der Waals surface area (Å²) in [5.74, 6) is 1.08. The Bertz CT molecular complexity index is 671. The van der Waals surface area contributed by atoms with Gasteiger partial charge in [-0.2, -0.15) is 0 Å². The Labute approximate surface area is 135 Å². The summed E-state index contributed by atoms with van der Waals surface area (Å²) < 4.78 is 21.1. The molecule has 1 aliphatic heterocycles. The van der Waals surface area contributed by atoms with Gasteiger partial charge < -0.3 is 14.4 Å². The Morgan fingerprint density at radius 2 is 2.30 bits per heavy atom. The van der Waals surface area contributed by atoms with Crippen LogP contribution in [0.3, 0.4) is 0 Å². The van der Waals surface area contributed by atoms with E-state index in [1.165, 1.54) is 12.1 Å². The second-order valence-corrected chi connectivity index (χ2v) is 6.37. The van der Waals surface area contributed by atoms with Crippen molar-refractivity contribution in [2.24, 2.45) is 7.05 Å². The fraction of sp³-hybridized carbons (Fsp3) is 0.471. The van der Waals surface area contributed by atoms with Crippen LogP contribution in [0.5, 0.6) is 5.75 Å². The topological polar surface area (TPSA) is 50.5 Å². The third-order valence-electron chi connectivity index (χ3n) is 4.31. The van der Waals surface area contributed by atoms with Crippen molar-refractivity contribution in [1.82, 2.24) is 14.5 Å². The standard InChI is InChI=1S/C17H22FN3O2/c1-17(22)12-21(11-16-19-7-9-20(16)2)8-6-15(17)23-14-5-3-4-13(18)10-14/h3-5,7,9-10,15,22H,6,8,11-12H2,1-2H3/t15-,17-/m0/s1. The summed E-state index contributed by atoms with van der Waals surface area (Å²) in [5.41, 5.74) is -1.00. The summed E-state index contributed by atoms with van der Waals surface area (Å²) in [6.45, 7) is 3.73. The van der Waals surface area contributed by atoms with E-state index < -0.39 is 5.60 Å². The van der Waals surface area contributed by atoms with Gasteiger partial charge in [0.1, 0.15) is 29.1 Å². The first kappa shape index (κ1) is 16.0. The Kier molecular flexibility index (Phi) is 4.37. The lowest BCUT2D eigenvalue weighted by atomic mass is 9.91. The molecule has 3 rings (SSSR count). The van der Waals surface area contributed by atoms with Gasteiger partial charge in [0.2, 0.25) is 0 Å². The molecule has 6 heteroatoms. The zero-order chi connectivity index (χ0) is 16.4. The van der Waals surface area contributed by atoms with E-state index in [1.807, 2.05) is 17.8 Å². The number of aryl methyl sites for hydroxylation is 1. The van der Waals surface area contributed by atoms with Crippen LogP contribution < -0.4 is 4.74 Å². The third kappa shape index (κ3) is 3.71. The molecule has 5 nitrogen and oxygen atoms in total. The second-order valence-electron chi connectivity index (χ2n) is 6.37. The number of imidazole rings is 1. The molecule has 1 aliphatic rings. The SMILES string of the molecule is Cn1ccnc1CN1CC[C@H](Oc2cccc(F)c2)[C@@](C)(O)C1. The largest absolute Gasteiger partial charge is 0.487 e. The molecule has 124 valence electrons. The van der Waals surface area contributed by atoms with E-state index in [-0.39, 0.29) is 11.9 Å². The summed E-state index contributed by atoms with van der Waals surface area (Å²) in [5, 5.41) is 10.7. The van der Waals surface area contributed by atoms with Crippen LogP contribution in [0.4, 0.5) is 4.39 Å². The van der Waals surface area contributed by atoms with E-state index in [4.69, 9.17) is 4.74 Å². The van der Waals surface area contributed by atoms with Crippen molar-refractivity contribution in [3.8, 4) is 5.75 Å². The average molecular weight is 319 g/mol. The van der Waals surface area contributed by atoms with Gasteiger partial charge in [-0.05, 0) is 25.5 Å². The summed E-state index contributed by atoms with van der Waals surface area (Å²) >= 11 is 0. The zero-order valence-corrected chi connectivity index (χ0v) is 13.4. The van der Waals surface area contributed by atoms with Gasteiger partial charge in [0, 0.05) is 38.6 Å². The number of hydrogen-bond acceptors (Lipinski definition) is 4. The zero-order valence-electron chi connectivity index (χ0n) is 13.4. The van der Waals surface area contributed by atoms with Crippen molar-refractivity contribution in [1.29, 1.82) is 0 Å². The van der Waals surface area contributed by atoms with Crippen LogP contribution in [0.1, 0.15) is 19.2 Å². The molecule has 0 saturated carbocycles. The van der Waals surface area contributed by atoms with E-state index in [0.717, 1.165) is 12.4 Å². The van der Waals surface area contributed by atoms with Gasteiger partial charge in [0.25, 0.3) is 0 Å². The minimum absolute atomic E-state index is 0.339. The molecule has 1 fully saturated rings. The van der Waals surface area contributed by atoms with E-state index in [9.17, 15) is 9.50 Å². The first-order chi connectivity index (χ1) is 10.9. The number of β-amino-alcohol motifs (C(OH)–C–C–N with tert-alkyl or cyclic N) is 1. The van der Waals surface area contributed by atoms with Crippen LogP contribution in [0.25, 0.3) is 0 Å². The Morgan fingerprint density at radius 1 is 1.48 bits per heavy atom. The van der Waals surface area contributed by atoms with E-state index in [0.29, 0.717) is 25.3 Å². The molecule has 0 radical (unpaired) electrons. The minimum Gasteiger partial charge on any atom is -0.487 e. The fourth-order valence-electron chi connectivity index (χ4n) is 3.02. The number of likely N-dealkylation sites (tertiary alicyclic amines) is 1.